The van der Waals surface area contributed by atoms with Gasteiger partial charge in [-0.1, -0.05) is 51.3 Å². The molecule has 0 amide bonds. The van der Waals surface area contributed by atoms with Crippen molar-refractivity contribution in [1.29, 1.82) is 0 Å². The third-order valence-electron chi connectivity index (χ3n) is 4.31. The highest BCUT2D eigenvalue weighted by Gasteiger charge is 2.39. The normalized spacial score (nSPS) is 20.3. The molecule has 1 aliphatic rings. The molecule has 0 aromatic heterocycles. The Labute approximate surface area is 123 Å². The molecule has 1 atom stereocenters. The fourth-order valence-corrected chi connectivity index (χ4v) is 3.56. The summed E-state index contributed by atoms with van der Waals surface area (Å²) in [7, 11) is 0. The van der Waals surface area contributed by atoms with Crippen molar-refractivity contribution < 1.29 is 4.74 Å². The van der Waals surface area contributed by atoms with Crippen LogP contribution < -0.4 is 10.1 Å². The summed E-state index contributed by atoms with van der Waals surface area (Å²) in [6.45, 7) is 9.86. The zero-order valence-corrected chi connectivity index (χ0v) is 13.5. The SMILES string of the molecule is CCCC1(CCC)CC(NCC)c2cc(C)ccc2O1. The molecule has 0 spiro atoms. The summed E-state index contributed by atoms with van der Waals surface area (Å²) < 4.78 is 6.49. The van der Waals surface area contributed by atoms with Gasteiger partial charge in [0.1, 0.15) is 11.4 Å². The van der Waals surface area contributed by atoms with Gasteiger partial charge in [0, 0.05) is 18.0 Å². The minimum absolute atomic E-state index is 0.0264. The second-order valence-corrected chi connectivity index (χ2v) is 6.14. The number of fused-ring (bicyclic) bond motifs is 1. The fourth-order valence-electron chi connectivity index (χ4n) is 3.56. The van der Waals surface area contributed by atoms with Crippen LogP contribution in [0, 0.1) is 6.92 Å². The van der Waals surface area contributed by atoms with E-state index in [2.05, 4.69) is 51.2 Å². The van der Waals surface area contributed by atoms with Crippen molar-refractivity contribution in [2.45, 2.75) is 71.4 Å². The average Bonchev–Trinajstić information content (AvgIpc) is 2.41. The second kappa shape index (κ2) is 6.62. The smallest absolute Gasteiger partial charge is 0.124 e. The lowest BCUT2D eigenvalue weighted by molar-refractivity contribution is 0.0131. The molecule has 20 heavy (non-hydrogen) atoms. The van der Waals surface area contributed by atoms with E-state index in [0.717, 1.165) is 31.6 Å². The molecule has 0 aliphatic carbocycles. The van der Waals surface area contributed by atoms with Gasteiger partial charge in [-0.25, -0.2) is 0 Å². The fraction of sp³-hybridized carbons (Fsp3) is 0.667. The van der Waals surface area contributed by atoms with E-state index >= 15 is 0 Å². The third-order valence-corrected chi connectivity index (χ3v) is 4.31. The molecule has 1 aromatic rings. The average molecular weight is 275 g/mol. The number of hydrogen-bond acceptors (Lipinski definition) is 2. The molecular weight excluding hydrogens is 246 g/mol. The topological polar surface area (TPSA) is 21.3 Å². The Hall–Kier alpha value is -1.02. The second-order valence-electron chi connectivity index (χ2n) is 6.14. The highest BCUT2D eigenvalue weighted by atomic mass is 16.5. The van der Waals surface area contributed by atoms with Crippen molar-refractivity contribution in [3.8, 4) is 5.75 Å². The van der Waals surface area contributed by atoms with Crippen molar-refractivity contribution >= 4 is 0 Å². The lowest BCUT2D eigenvalue weighted by atomic mass is 9.81. The van der Waals surface area contributed by atoms with Crippen LogP contribution in [0.3, 0.4) is 0 Å². The van der Waals surface area contributed by atoms with Gasteiger partial charge in [0.25, 0.3) is 0 Å². The monoisotopic (exact) mass is 275 g/mol. The van der Waals surface area contributed by atoms with Crippen molar-refractivity contribution in [3.63, 3.8) is 0 Å². The molecule has 1 unspecified atom stereocenters. The maximum atomic E-state index is 6.49. The van der Waals surface area contributed by atoms with Crippen LogP contribution in [0.4, 0.5) is 0 Å². The first kappa shape index (κ1) is 15.4. The van der Waals surface area contributed by atoms with Gasteiger partial charge in [0.05, 0.1) is 0 Å². The summed E-state index contributed by atoms with van der Waals surface area (Å²) >= 11 is 0. The van der Waals surface area contributed by atoms with E-state index in [4.69, 9.17) is 4.74 Å². The highest BCUT2D eigenvalue weighted by molar-refractivity contribution is 5.41. The van der Waals surface area contributed by atoms with E-state index in [9.17, 15) is 0 Å². The first-order valence-corrected chi connectivity index (χ1v) is 8.17. The number of rotatable bonds is 6. The van der Waals surface area contributed by atoms with Gasteiger partial charge < -0.3 is 10.1 Å². The Morgan fingerprint density at radius 3 is 2.50 bits per heavy atom. The van der Waals surface area contributed by atoms with E-state index in [1.807, 2.05) is 0 Å². The van der Waals surface area contributed by atoms with Crippen LogP contribution in [0.5, 0.6) is 5.75 Å². The summed E-state index contributed by atoms with van der Waals surface area (Å²) in [5.41, 5.74) is 2.68. The predicted octanol–water partition coefficient (Wildman–Crippen LogP) is 4.77. The van der Waals surface area contributed by atoms with E-state index in [-0.39, 0.29) is 5.60 Å². The zero-order chi connectivity index (χ0) is 14.6. The maximum Gasteiger partial charge on any atom is 0.124 e. The molecule has 2 rings (SSSR count). The van der Waals surface area contributed by atoms with E-state index in [1.54, 1.807) is 0 Å². The Morgan fingerprint density at radius 1 is 1.20 bits per heavy atom. The summed E-state index contributed by atoms with van der Waals surface area (Å²) in [6.07, 6.45) is 5.76. The van der Waals surface area contributed by atoms with Crippen LogP contribution in [0.25, 0.3) is 0 Å². The molecule has 1 aliphatic heterocycles. The Balaban J connectivity index is 2.36. The molecule has 1 heterocycles. The van der Waals surface area contributed by atoms with Gasteiger partial charge in [-0.3, -0.25) is 0 Å². The Kier molecular flexibility index (Phi) is 5.09. The van der Waals surface area contributed by atoms with Crippen molar-refractivity contribution in [2.24, 2.45) is 0 Å². The largest absolute Gasteiger partial charge is 0.487 e. The van der Waals surface area contributed by atoms with Crippen LogP contribution in [0.15, 0.2) is 18.2 Å². The van der Waals surface area contributed by atoms with Gasteiger partial charge in [0.2, 0.25) is 0 Å². The molecule has 2 nitrogen and oxygen atoms in total. The maximum absolute atomic E-state index is 6.49. The van der Waals surface area contributed by atoms with Crippen molar-refractivity contribution in [1.82, 2.24) is 5.32 Å². The van der Waals surface area contributed by atoms with Crippen LogP contribution in [-0.2, 0) is 0 Å². The van der Waals surface area contributed by atoms with Gasteiger partial charge in [-0.15, -0.1) is 0 Å². The van der Waals surface area contributed by atoms with Gasteiger partial charge >= 0.3 is 0 Å². The lowest BCUT2D eigenvalue weighted by Gasteiger charge is -2.43. The van der Waals surface area contributed by atoms with Crippen LogP contribution in [0.2, 0.25) is 0 Å². The van der Waals surface area contributed by atoms with Gasteiger partial charge in [0.15, 0.2) is 0 Å². The minimum Gasteiger partial charge on any atom is -0.487 e. The van der Waals surface area contributed by atoms with E-state index in [0.29, 0.717) is 6.04 Å². The zero-order valence-electron chi connectivity index (χ0n) is 13.5. The third kappa shape index (κ3) is 3.17. The summed E-state index contributed by atoms with van der Waals surface area (Å²) in [6, 6.07) is 7.04. The molecule has 0 saturated carbocycles. The molecule has 112 valence electrons. The van der Waals surface area contributed by atoms with Crippen LogP contribution in [-0.4, -0.2) is 12.1 Å². The molecular formula is C18H29NO. The van der Waals surface area contributed by atoms with E-state index < -0.39 is 0 Å². The minimum atomic E-state index is 0.0264. The van der Waals surface area contributed by atoms with Crippen LogP contribution in [0.1, 0.15) is 70.0 Å². The molecule has 0 bridgehead atoms. The van der Waals surface area contributed by atoms with Gasteiger partial charge in [-0.2, -0.15) is 0 Å². The molecule has 0 radical (unpaired) electrons. The molecule has 1 N–H and O–H groups in total. The lowest BCUT2D eigenvalue weighted by Crippen LogP contribution is -2.44. The first-order valence-electron chi connectivity index (χ1n) is 8.17. The number of benzene rings is 1. The standard InChI is InChI=1S/C18H29NO/c1-5-10-18(11-6-2)13-16(19-7-3)15-12-14(4)8-9-17(15)20-18/h8-9,12,16,19H,5-7,10-11,13H2,1-4H3. The van der Waals surface area contributed by atoms with Crippen molar-refractivity contribution in [2.75, 3.05) is 6.54 Å². The quantitative estimate of drug-likeness (QED) is 0.807. The summed E-state index contributed by atoms with van der Waals surface area (Å²) in [4.78, 5) is 0. The first-order chi connectivity index (χ1) is 9.64. The van der Waals surface area contributed by atoms with Gasteiger partial charge in [-0.05, 0) is 32.4 Å². The van der Waals surface area contributed by atoms with Crippen LogP contribution >= 0.6 is 0 Å². The molecule has 2 heteroatoms. The Morgan fingerprint density at radius 2 is 1.90 bits per heavy atom. The predicted molar refractivity (Wildman–Crippen MR) is 85.4 cm³/mol. The Bertz CT molecular complexity index is 435. The summed E-state index contributed by atoms with van der Waals surface area (Å²) in [5, 5.41) is 3.66. The van der Waals surface area contributed by atoms with Crippen molar-refractivity contribution in [3.05, 3.63) is 29.3 Å². The molecule has 0 fully saturated rings. The van der Waals surface area contributed by atoms with E-state index in [1.165, 1.54) is 24.0 Å². The highest BCUT2D eigenvalue weighted by Crippen LogP contribution is 2.44. The number of nitrogens with one attached hydrogen (secondary N) is 1. The summed E-state index contributed by atoms with van der Waals surface area (Å²) in [5.74, 6) is 1.09. The molecule has 0 saturated heterocycles. The number of ether oxygens (including phenoxy) is 1. The molecule has 1 aromatic carbocycles. The number of aryl methyl sites for hydroxylation is 1. The number of hydrogen-bond donors (Lipinski definition) is 1.